The molecule has 29 heavy (non-hydrogen) atoms. The number of unbranched alkanes of at least 4 members (excludes halogenated alkanes) is 3. The van der Waals surface area contributed by atoms with Gasteiger partial charge in [0.2, 0.25) is 5.95 Å². The maximum Gasteiger partial charge on any atom is 0.255 e. The lowest BCUT2D eigenvalue weighted by atomic mass is 10.1. The SMILES string of the molecule is NCCCCCCn1c(NCCc2ccccc2)nc(-c2ccncc2)cc1=O. The highest BCUT2D eigenvalue weighted by Crippen LogP contribution is 2.17. The van der Waals surface area contributed by atoms with Crippen LogP contribution in [0.4, 0.5) is 5.95 Å². The molecule has 6 nitrogen and oxygen atoms in total. The lowest BCUT2D eigenvalue weighted by Crippen LogP contribution is -2.25. The molecule has 3 rings (SSSR count). The minimum atomic E-state index is -0.0344. The molecule has 6 heteroatoms. The highest BCUT2D eigenvalue weighted by Gasteiger charge is 2.10. The molecule has 0 unspecified atom stereocenters. The van der Waals surface area contributed by atoms with Gasteiger partial charge in [-0.25, -0.2) is 4.98 Å². The van der Waals surface area contributed by atoms with E-state index in [9.17, 15) is 4.79 Å². The Labute approximate surface area is 171 Å². The van der Waals surface area contributed by atoms with E-state index in [1.165, 1.54) is 5.56 Å². The highest BCUT2D eigenvalue weighted by molar-refractivity contribution is 5.59. The zero-order valence-corrected chi connectivity index (χ0v) is 16.8. The maximum absolute atomic E-state index is 12.8. The second-order valence-corrected chi connectivity index (χ2v) is 7.06. The second-order valence-electron chi connectivity index (χ2n) is 7.06. The van der Waals surface area contributed by atoms with Gasteiger partial charge in [-0.15, -0.1) is 0 Å². The zero-order chi connectivity index (χ0) is 20.3. The third-order valence-corrected chi connectivity index (χ3v) is 4.86. The van der Waals surface area contributed by atoms with Crippen molar-refractivity contribution in [3.8, 4) is 11.3 Å². The first kappa shape index (κ1) is 20.7. The molecule has 0 aliphatic heterocycles. The number of rotatable bonds is 11. The predicted octanol–water partition coefficient (Wildman–Crippen LogP) is 3.48. The second kappa shape index (κ2) is 11.1. The summed E-state index contributed by atoms with van der Waals surface area (Å²) in [6, 6.07) is 15.6. The summed E-state index contributed by atoms with van der Waals surface area (Å²) in [5, 5.41) is 3.38. The lowest BCUT2D eigenvalue weighted by Gasteiger charge is -2.15. The fourth-order valence-corrected chi connectivity index (χ4v) is 3.26. The smallest absolute Gasteiger partial charge is 0.255 e. The number of nitrogens with two attached hydrogens (primary N) is 1. The fourth-order valence-electron chi connectivity index (χ4n) is 3.26. The third kappa shape index (κ3) is 6.26. The van der Waals surface area contributed by atoms with E-state index in [1.807, 2.05) is 30.3 Å². The van der Waals surface area contributed by atoms with E-state index in [1.54, 1.807) is 23.0 Å². The zero-order valence-electron chi connectivity index (χ0n) is 16.8. The predicted molar refractivity (Wildman–Crippen MR) is 118 cm³/mol. The Morgan fingerprint density at radius 3 is 2.48 bits per heavy atom. The maximum atomic E-state index is 12.8. The number of hydrogen-bond acceptors (Lipinski definition) is 5. The average Bonchev–Trinajstić information content (AvgIpc) is 2.76. The number of nitrogens with zero attached hydrogens (tertiary/aromatic N) is 3. The molecule has 0 saturated carbocycles. The molecule has 0 atom stereocenters. The summed E-state index contributed by atoms with van der Waals surface area (Å²) in [7, 11) is 0. The Bertz CT molecular complexity index is 925. The molecule has 152 valence electrons. The van der Waals surface area contributed by atoms with Crippen molar-refractivity contribution in [2.45, 2.75) is 38.6 Å². The number of nitrogens with one attached hydrogen (secondary N) is 1. The van der Waals surface area contributed by atoms with Gasteiger partial charge in [-0.05, 0) is 43.5 Å². The van der Waals surface area contributed by atoms with Gasteiger partial charge >= 0.3 is 0 Å². The third-order valence-electron chi connectivity index (χ3n) is 4.86. The van der Waals surface area contributed by atoms with Crippen LogP contribution in [-0.2, 0) is 13.0 Å². The first-order valence-electron chi connectivity index (χ1n) is 10.3. The van der Waals surface area contributed by atoms with E-state index >= 15 is 0 Å². The Hall–Kier alpha value is -2.99. The van der Waals surface area contributed by atoms with Crippen molar-refractivity contribution in [1.82, 2.24) is 14.5 Å². The van der Waals surface area contributed by atoms with Crippen molar-refractivity contribution in [2.75, 3.05) is 18.4 Å². The molecule has 0 fully saturated rings. The molecule has 0 aliphatic carbocycles. The molecule has 0 spiro atoms. The topological polar surface area (TPSA) is 85.8 Å². The Morgan fingerprint density at radius 1 is 0.966 bits per heavy atom. The molecule has 0 amide bonds. The minimum absolute atomic E-state index is 0.0344. The molecule has 0 aliphatic rings. The average molecular weight is 392 g/mol. The van der Waals surface area contributed by atoms with Crippen molar-refractivity contribution in [3.05, 3.63) is 76.8 Å². The van der Waals surface area contributed by atoms with Gasteiger partial charge in [-0.2, -0.15) is 0 Å². The largest absolute Gasteiger partial charge is 0.355 e. The van der Waals surface area contributed by atoms with E-state index < -0.39 is 0 Å². The van der Waals surface area contributed by atoms with Crippen LogP contribution in [-0.4, -0.2) is 27.6 Å². The van der Waals surface area contributed by atoms with Gasteiger partial charge < -0.3 is 11.1 Å². The lowest BCUT2D eigenvalue weighted by molar-refractivity contribution is 0.562. The van der Waals surface area contributed by atoms with Crippen LogP contribution >= 0.6 is 0 Å². The monoisotopic (exact) mass is 391 g/mol. The van der Waals surface area contributed by atoms with Crippen LogP contribution in [0.15, 0.2) is 65.7 Å². The van der Waals surface area contributed by atoms with Gasteiger partial charge in [0.15, 0.2) is 0 Å². The van der Waals surface area contributed by atoms with E-state index in [4.69, 9.17) is 10.7 Å². The summed E-state index contributed by atoms with van der Waals surface area (Å²) in [5.74, 6) is 0.624. The summed E-state index contributed by atoms with van der Waals surface area (Å²) in [4.78, 5) is 21.6. The first-order valence-corrected chi connectivity index (χ1v) is 10.3. The fraction of sp³-hybridized carbons (Fsp3) is 0.348. The molecule has 0 bridgehead atoms. The standard InChI is InChI=1S/C23H29N5O/c24-13-6-1-2-7-17-28-22(29)18-21(20-11-14-25-15-12-20)27-23(28)26-16-10-19-8-4-3-5-9-19/h3-5,8-9,11-12,14-15,18H,1-2,6-7,10,13,16-17,24H2,(H,26,27). The van der Waals surface area contributed by atoms with Crippen LogP contribution in [0, 0.1) is 0 Å². The summed E-state index contributed by atoms with van der Waals surface area (Å²) < 4.78 is 1.75. The molecule has 1 aromatic carbocycles. The summed E-state index contributed by atoms with van der Waals surface area (Å²) >= 11 is 0. The molecule has 0 saturated heterocycles. The molecule has 2 aromatic heterocycles. The van der Waals surface area contributed by atoms with Crippen LogP contribution in [0.1, 0.15) is 31.2 Å². The minimum Gasteiger partial charge on any atom is -0.355 e. The van der Waals surface area contributed by atoms with Crippen LogP contribution < -0.4 is 16.6 Å². The van der Waals surface area contributed by atoms with Crippen LogP contribution in [0.5, 0.6) is 0 Å². The van der Waals surface area contributed by atoms with Crippen LogP contribution in [0.2, 0.25) is 0 Å². The van der Waals surface area contributed by atoms with Crippen molar-refractivity contribution >= 4 is 5.95 Å². The first-order chi connectivity index (χ1) is 14.3. The van der Waals surface area contributed by atoms with Crippen molar-refractivity contribution in [1.29, 1.82) is 0 Å². The van der Waals surface area contributed by atoms with Gasteiger partial charge in [-0.3, -0.25) is 14.3 Å². The number of anilines is 1. The molecular formula is C23H29N5O. The van der Waals surface area contributed by atoms with E-state index in [2.05, 4.69) is 22.4 Å². The van der Waals surface area contributed by atoms with Gasteiger partial charge in [-0.1, -0.05) is 43.2 Å². The van der Waals surface area contributed by atoms with Gasteiger partial charge in [0.25, 0.3) is 5.56 Å². The van der Waals surface area contributed by atoms with Gasteiger partial charge in [0, 0.05) is 37.1 Å². The summed E-state index contributed by atoms with van der Waals surface area (Å²) in [6.45, 7) is 2.08. The van der Waals surface area contributed by atoms with E-state index in [-0.39, 0.29) is 5.56 Å². The van der Waals surface area contributed by atoms with Gasteiger partial charge in [0.05, 0.1) is 5.69 Å². The molecule has 3 aromatic rings. The van der Waals surface area contributed by atoms with Crippen molar-refractivity contribution < 1.29 is 0 Å². The molecular weight excluding hydrogens is 362 g/mol. The highest BCUT2D eigenvalue weighted by atomic mass is 16.1. The number of hydrogen-bond donors (Lipinski definition) is 2. The molecule has 2 heterocycles. The number of benzene rings is 1. The van der Waals surface area contributed by atoms with Crippen LogP contribution in [0.25, 0.3) is 11.3 Å². The molecule has 3 N–H and O–H groups in total. The number of aromatic nitrogens is 3. The number of pyridine rings is 1. The van der Waals surface area contributed by atoms with Gasteiger partial charge in [0.1, 0.15) is 0 Å². The summed E-state index contributed by atoms with van der Waals surface area (Å²) in [5.41, 5.74) is 8.33. The van der Waals surface area contributed by atoms with Crippen LogP contribution in [0.3, 0.4) is 0 Å². The van der Waals surface area contributed by atoms with Crippen molar-refractivity contribution in [3.63, 3.8) is 0 Å². The van der Waals surface area contributed by atoms with Crippen molar-refractivity contribution in [2.24, 2.45) is 5.73 Å². The Balaban J connectivity index is 1.76. The normalized spacial score (nSPS) is 10.8. The van der Waals surface area contributed by atoms with E-state index in [0.717, 1.165) is 37.7 Å². The Morgan fingerprint density at radius 2 is 1.72 bits per heavy atom. The molecule has 0 radical (unpaired) electrons. The Kier molecular flexibility index (Phi) is 7.95. The summed E-state index contributed by atoms with van der Waals surface area (Å²) in [6.07, 6.45) is 8.39. The van der Waals surface area contributed by atoms with E-state index in [0.29, 0.717) is 31.3 Å². The quantitative estimate of drug-likeness (QED) is 0.489.